The van der Waals surface area contributed by atoms with Gasteiger partial charge in [0.15, 0.2) is 0 Å². The molecular weight excluding hydrogens is 368 g/mol. The van der Waals surface area contributed by atoms with Gasteiger partial charge < -0.3 is 4.90 Å². The maximum absolute atomic E-state index is 4.69. The van der Waals surface area contributed by atoms with Crippen molar-refractivity contribution < 1.29 is 0 Å². The molecule has 0 saturated carbocycles. The molecule has 1 aliphatic heterocycles. The second kappa shape index (κ2) is 7.64. The van der Waals surface area contributed by atoms with Crippen molar-refractivity contribution in [1.29, 1.82) is 0 Å². The van der Waals surface area contributed by atoms with Crippen LogP contribution in [0.1, 0.15) is 19.4 Å². The Hall–Kier alpha value is -3.66. The lowest BCUT2D eigenvalue weighted by atomic mass is 10.0. The van der Waals surface area contributed by atoms with Gasteiger partial charge in [-0.2, -0.15) is 0 Å². The van der Waals surface area contributed by atoms with Gasteiger partial charge in [-0.1, -0.05) is 36.4 Å². The lowest BCUT2D eigenvalue weighted by Gasteiger charge is -2.28. The first-order chi connectivity index (χ1) is 14.7. The topological polar surface area (TPSA) is 33.4 Å². The summed E-state index contributed by atoms with van der Waals surface area (Å²) in [6.45, 7) is 5.36. The van der Waals surface area contributed by atoms with E-state index in [0.717, 1.165) is 34.7 Å². The van der Waals surface area contributed by atoms with Crippen molar-refractivity contribution in [3.05, 3.63) is 97.1 Å². The monoisotopic (exact) mass is 392 g/mol. The normalized spacial score (nSPS) is 13.8. The van der Waals surface area contributed by atoms with Crippen LogP contribution in [0.15, 0.2) is 91.5 Å². The Kier molecular flexibility index (Phi) is 4.68. The molecule has 0 atom stereocenters. The third-order valence-corrected chi connectivity index (χ3v) is 5.60. The van der Waals surface area contributed by atoms with Crippen molar-refractivity contribution in [1.82, 2.24) is 19.3 Å². The molecule has 148 valence electrons. The summed E-state index contributed by atoms with van der Waals surface area (Å²) in [6.07, 6.45) is 12.4. The number of imidazole rings is 1. The maximum Gasteiger partial charge on any atom is 0.137 e. The standard InChI is InChI=1S/C26H24N4/c1-19(2)29-13-6-9-23(18-29)21-11-14-30-25(17-28-26(30)16-21)22-10-12-27-24(15-22)20-7-4-3-5-8-20/h3-17,19H,18H2,1-2H3. The Labute approximate surface area is 176 Å². The highest BCUT2D eigenvalue weighted by molar-refractivity contribution is 5.74. The molecule has 1 aromatic carbocycles. The van der Waals surface area contributed by atoms with E-state index in [-0.39, 0.29) is 0 Å². The summed E-state index contributed by atoms with van der Waals surface area (Å²) < 4.78 is 2.15. The molecule has 30 heavy (non-hydrogen) atoms. The van der Waals surface area contributed by atoms with E-state index in [0.29, 0.717) is 6.04 Å². The Balaban J connectivity index is 1.50. The number of benzene rings is 1. The van der Waals surface area contributed by atoms with Gasteiger partial charge in [-0.15, -0.1) is 0 Å². The van der Waals surface area contributed by atoms with Crippen LogP contribution in [0.2, 0.25) is 0 Å². The zero-order chi connectivity index (χ0) is 20.5. The Morgan fingerprint density at radius 2 is 1.77 bits per heavy atom. The van der Waals surface area contributed by atoms with Gasteiger partial charge in [0, 0.05) is 36.1 Å². The van der Waals surface area contributed by atoms with E-state index < -0.39 is 0 Å². The Morgan fingerprint density at radius 3 is 2.60 bits per heavy atom. The lowest BCUT2D eigenvalue weighted by molar-refractivity contribution is 0.344. The van der Waals surface area contributed by atoms with Gasteiger partial charge in [0.2, 0.25) is 0 Å². The van der Waals surface area contributed by atoms with Crippen molar-refractivity contribution >= 4 is 11.2 Å². The SMILES string of the molecule is CC(C)N1C=CC=C(c2ccn3c(-c4ccnc(-c5ccccc5)c4)cnc3c2)C1. The molecule has 0 radical (unpaired) electrons. The van der Waals surface area contributed by atoms with Gasteiger partial charge in [0.25, 0.3) is 0 Å². The molecule has 0 bridgehead atoms. The quantitative estimate of drug-likeness (QED) is 0.448. The summed E-state index contributed by atoms with van der Waals surface area (Å²) in [4.78, 5) is 11.6. The van der Waals surface area contributed by atoms with E-state index in [1.165, 1.54) is 11.1 Å². The molecule has 0 amide bonds. The molecule has 5 rings (SSSR count). The van der Waals surface area contributed by atoms with Gasteiger partial charge in [-0.25, -0.2) is 4.98 Å². The number of hydrogen-bond donors (Lipinski definition) is 0. The van der Waals surface area contributed by atoms with Gasteiger partial charge in [-0.05, 0) is 61.5 Å². The summed E-state index contributed by atoms with van der Waals surface area (Å²) in [5, 5.41) is 0. The zero-order valence-electron chi connectivity index (χ0n) is 17.2. The molecule has 4 heterocycles. The minimum atomic E-state index is 0.484. The molecule has 4 nitrogen and oxygen atoms in total. The van der Waals surface area contributed by atoms with Crippen molar-refractivity contribution in [2.75, 3.05) is 6.54 Å². The molecule has 4 aromatic rings. The molecule has 4 heteroatoms. The van der Waals surface area contributed by atoms with E-state index in [2.05, 4.69) is 83.0 Å². The minimum Gasteiger partial charge on any atom is -0.371 e. The van der Waals surface area contributed by atoms with Crippen LogP contribution in [0.4, 0.5) is 0 Å². The Morgan fingerprint density at radius 1 is 0.900 bits per heavy atom. The highest BCUT2D eigenvalue weighted by Gasteiger charge is 2.14. The van der Waals surface area contributed by atoms with E-state index >= 15 is 0 Å². The largest absolute Gasteiger partial charge is 0.371 e. The minimum absolute atomic E-state index is 0.484. The van der Waals surface area contributed by atoms with Gasteiger partial charge in [0.05, 0.1) is 17.6 Å². The van der Waals surface area contributed by atoms with Crippen LogP contribution in [0.3, 0.4) is 0 Å². The maximum atomic E-state index is 4.69. The van der Waals surface area contributed by atoms with Crippen LogP contribution in [0, 0.1) is 0 Å². The third-order valence-electron chi connectivity index (χ3n) is 5.60. The fraction of sp³-hybridized carbons (Fsp3) is 0.154. The van der Waals surface area contributed by atoms with Gasteiger partial charge >= 0.3 is 0 Å². The average Bonchev–Trinajstić information content (AvgIpc) is 3.23. The number of allylic oxidation sites excluding steroid dienone is 2. The second-order valence-corrected chi connectivity index (χ2v) is 7.88. The molecule has 3 aromatic heterocycles. The van der Waals surface area contributed by atoms with E-state index in [1.807, 2.05) is 36.7 Å². The number of aromatic nitrogens is 3. The van der Waals surface area contributed by atoms with Crippen LogP contribution in [-0.4, -0.2) is 31.9 Å². The van der Waals surface area contributed by atoms with Crippen LogP contribution < -0.4 is 0 Å². The first-order valence-corrected chi connectivity index (χ1v) is 10.3. The van der Waals surface area contributed by atoms with Gasteiger partial charge in [-0.3, -0.25) is 9.38 Å². The smallest absolute Gasteiger partial charge is 0.137 e. The number of hydrogen-bond acceptors (Lipinski definition) is 3. The lowest BCUT2D eigenvalue weighted by Crippen LogP contribution is -2.28. The summed E-state index contributed by atoms with van der Waals surface area (Å²) in [5.41, 5.74) is 7.73. The molecular formula is C26H24N4. The molecule has 0 saturated heterocycles. The molecule has 0 aliphatic carbocycles. The van der Waals surface area contributed by atoms with E-state index in [1.54, 1.807) is 0 Å². The predicted molar refractivity (Wildman–Crippen MR) is 123 cm³/mol. The number of fused-ring (bicyclic) bond motifs is 1. The highest BCUT2D eigenvalue weighted by atomic mass is 15.1. The third kappa shape index (κ3) is 3.41. The van der Waals surface area contributed by atoms with E-state index in [9.17, 15) is 0 Å². The molecule has 0 unspecified atom stereocenters. The molecule has 0 N–H and O–H groups in total. The summed E-state index contributed by atoms with van der Waals surface area (Å²) in [6, 6.07) is 19.3. The van der Waals surface area contributed by atoms with Crippen molar-refractivity contribution in [2.45, 2.75) is 19.9 Å². The zero-order valence-corrected chi connectivity index (χ0v) is 17.2. The number of nitrogens with zero attached hydrogens (tertiary/aromatic N) is 4. The first-order valence-electron chi connectivity index (χ1n) is 10.3. The average molecular weight is 393 g/mol. The fourth-order valence-electron chi connectivity index (χ4n) is 3.86. The van der Waals surface area contributed by atoms with Crippen molar-refractivity contribution in [3.8, 4) is 22.5 Å². The van der Waals surface area contributed by atoms with Crippen LogP contribution >= 0.6 is 0 Å². The first kappa shape index (κ1) is 18.4. The van der Waals surface area contributed by atoms with Crippen LogP contribution in [0.5, 0.6) is 0 Å². The molecule has 0 spiro atoms. The van der Waals surface area contributed by atoms with Crippen LogP contribution in [-0.2, 0) is 0 Å². The Bertz CT molecular complexity index is 1250. The van der Waals surface area contributed by atoms with Gasteiger partial charge in [0.1, 0.15) is 5.65 Å². The summed E-state index contributed by atoms with van der Waals surface area (Å²) >= 11 is 0. The highest BCUT2D eigenvalue weighted by Crippen LogP contribution is 2.27. The second-order valence-electron chi connectivity index (χ2n) is 7.88. The summed E-state index contributed by atoms with van der Waals surface area (Å²) in [7, 11) is 0. The predicted octanol–water partition coefficient (Wildman–Crippen LogP) is 5.68. The summed E-state index contributed by atoms with van der Waals surface area (Å²) in [5.74, 6) is 0. The van der Waals surface area contributed by atoms with Crippen molar-refractivity contribution in [3.63, 3.8) is 0 Å². The fourth-order valence-corrected chi connectivity index (χ4v) is 3.86. The molecule has 1 aliphatic rings. The van der Waals surface area contributed by atoms with Crippen molar-refractivity contribution in [2.24, 2.45) is 0 Å². The van der Waals surface area contributed by atoms with Crippen LogP contribution in [0.25, 0.3) is 33.7 Å². The molecule has 0 fully saturated rings. The van der Waals surface area contributed by atoms with E-state index in [4.69, 9.17) is 4.98 Å². The number of rotatable bonds is 4. The number of pyridine rings is 2.